The van der Waals surface area contributed by atoms with Gasteiger partial charge in [0.05, 0.1) is 7.11 Å². The van der Waals surface area contributed by atoms with Crippen molar-refractivity contribution < 1.29 is 9.53 Å². The van der Waals surface area contributed by atoms with Crippen molar-refractivity contribution in [3.8, 4) is 5.75 Å². The number of nitrogens with zero attached hydrogens (tertiary/aromatic N) is 1. The van der Waals surface area contributed by atoms with Gasteiger partial charge in [0.1, 0.15) is 5.75 Å². The zero-order valence-corrected chi connectivity index (χ0v) is 16.1. The van der Waals surface area contributed by atoms with E-state index in [2.05, 4.69) is 6.92 Å². The van der Waals surface area contributed by atoms with Crippen molar-refractivity contribution in [3.05, 3.63) is 59.2 Å². The van der Waals surface area contributed by atoms with Crippen molar-refractivity contribution in [1.82, 2.24) is 4.90 Å². The van der Waals surface area contributed by atoms with Gasteiger partial charge in [-0.05, 0) is 62.6 Å². The minimum atomic E-state index is 0. The number of nitrogens with two attached hydrogens (primary N) is 1. The maximum Gasteiger partial charge on any atom is 0.254 e. The zero-order valence-electron chi connectivity index (χ0n) is 15.3. The van der Waals surface area contributed by atoms with E-state index in [0.717, 1.165) is 17.7 Å². The maximum absolute atomic E-state index is 12.9. The molecule has 1 unspecified atom stereocenters. The summed E-state index contributed by atoms with van der Waals surface area (Å²) >= 11 is 0. The van der Waals surface area contributed by atoms with Crippen LogP contribution >= 0.6 is 12.4 Å². The normalized spacial score (nSPS) is 11.4. The van der Waals surface area contributed by atoms with Gasteiger partial charge < -0.3 is 15.4 Å². The number of carbonyl (C=O) groups excluding carboxylic acids is 1. The van der Waals surface area contributed by atoms with Crippen LogP contribution in [0.3, 0.4) is 0 Å². The Kier molecular flexibility index (Phi) is 7.78. The monoisotopic (exact) mass is 362 g/mol. The average molecular weight is 363 g/mol. The Morgan fingerprint density at radius 1 is 1.20 bits per heavy atom. The van der Waals surface area contributed by atoms with Crippen LogP contribution in [0.1, 0.15) is 35.3 Å². The molecule has 0 fully saturated rings. The Morgan fingerprint density at radius 2 is 1.84 bits per heavy atom. The van der Waals surface area contributed by atoms with E-state index < -0.39 is 0 Å². The third-order valence-corrected chi connectivity index (χ3v) is 4.32. The Hall–Kier alpha value is -2.20. The molecule has 1 atom stereocenters. The molecule has 0 aromatic heterocycles. The van der Waals surface area contributed by atoms with E-state index in [-0.39, 0.29) is 24.4 Å². The summed E-state index contributed by atoms with van der Waals surface area (Å²) in [6.07, 6.45) is 0.797. The number of amides is 1. The van der Waals surface area contributed by atoms with Gasteiger partial charge >= 0.3 is 0 Å². The van der Waals surface area contributed by atoms with Crippen molar-refractivity contribution >= 4 is 24.0 Å². The summed E-state index contributed by atoms with van der Waals surface area (Å²) in [6, 6.07) is 13.5. The summed E-state index contributed by atoms with van der Waals surface area (Å²) in [7, 11) is 1.66. The fraction of sp³-hybridized carbons (Fsp3) is 0.350. The number of nitrogen functional groups attached to an aromatic ring is 1. The topological polar surface area (TPSA) is 55.6 Å². The molecule has 1 amide bonds. The minimum Gasteiger partial charge on any atom is -0.497 e. The number of aryl methyl sites for hydroxylation is 1. The van der Waals surface area contributed by atoms with Gasteiger partial charge in [0.15, 0.2) is 0 Å². The Bertz CT molecular complexity index is 701. The highest BCUT2D eigenvalue weighted by atomic mass is 35.5. The molecule has 136 valence electrons. The van der Waals surface area contributed by atoms with E-state index in [1.807, 2.05) is 55.1 Å². The Labute approximate surface area is 156 Å². The van der Waals surface area contributed by atoms with Gasteiger partial charge in [0, 0.05) is 23.8 Å². The lowest BCUT2D eigenvalue weighted by molar-refractivity contribution is 0.0702. The van der Waals surface area contributed by atoms with Crippen LogP contribution in [0.2, 0.25) is 0 Å². The number of carbonyl (C=O) groups is 1. The van der Waals surface area contributed by atoms with E-state index in [4.69, 9.17) is 10.5 Å². The van der Waals surface area contributed by atoms with Crippen LogP contribution in [-0.4, -0.2) is 30.5 Å². The molecule has 2 N–H and O–H groups in total. The Balaban J connectivity index is 0.00000312. The molecule has 0 aliphatic rings. The fourth-order valence-electron chi connectivity index (χ4n) is 2.89. The predicted octanol–water partition coefficient (Wildman–Crippen LogP) is 4.10. The van der Waals surface area contributed by atoms with Crippen LogP contribution in [0.4, 0.5) is 5.69 Å². The first-order valence-electron chi connectivity index (χ1n) is 8.26. The summed E-state index contributed by atoms with van der Waals surface area (Å²) in [5.74, 6) is 0.869. The molecule has 0 aliphatic heterocycles. The largest absolute Gasteiger partial charge is 0.497 e. The second-order valence-corrected chi connectivity index (χ2v) is 6.07. The highest BCUT2D eigenvalue weighted by Crippen LogP contribution is 2.19. The van der Waals surface area contributed by atoms with Gasteiger partial charge in [-0.1, -0.05) is 18.2 Å². The maximum atomic E-state index is 12.9. The van der Waals surface area contributed by atoms with Gasteiger partial charge in [0.25, 0.3) is 5.91 Å². The summed E-state index contributed by atoms with van der Waals surface area (Å²) in [5.41, 5.74) is 9.27. The minimum absolute atomic E-state index is 0. The highest BCUT2D eigenvalue weighted by Gasteiger charge is 2.21. The van der Waals surface area contributed by atoms with Crippen LogP contribution in [0, 0.1) is 6.92 Å². The summed E-state index contributed by atoms with van der Waals surface area (Å²) in [4.78, 5) is 14.8. The molecule has 0 aliphatic carbocycles. The second kappa shape index (κ2) is 9.33. The van der Waals surface area contributed by atoms with Crippen LogP contribution in [0.5, 0.6) is 5.75 Å². The number of likely N-dealkylation sites (N-methyl/N-ethyl adjacent to an activating group) is 1. The molecule has 2 rings (SSSR count). The molecule has 25 heavy (non-hydrogen) atoms. The molecular formula is C20H27ClN2O2. The number of ether oxygens (including phenoxy) is 1. The average Bonchev–Trinajstić information content (AvgIpc) is 2.58. The van der Waals surface area contributed by atoms with E-state index in [9.17, 15) is 4.79 Å². The molecule has 0 radical (unpaired) electrons. The van der Waals surface area contributed by atoms with Crippen molar-refractivity contribution in [3.63, 3.8) is 0 Å². The summed E-state index contributed by atoms with van der Waals surface area (Å²) in [6.45, 7) is 6.68. The SMILES string of the molecule is CCN(C(=O)c1cc(N)ccc1C)C(C)Cc1ccc(OC)cc1.Cl. The van der Waals surface area contributed by atoms with Gasteiger partial charge in [-0.2, -0.15) is 0 Å². The third-order valence-electron chi connectivity index (χ3n) is 4.32. The highest BCUT2D eigenvalue weighted by molar-refractivity contribution is 5.96. The van der Waals surface area contributed by atoms with Gasteiger partial charge in [-0.3, -0.25) is 4.79 Å². The molecule has 4 nitrogen and oxygen atoms in total. The second-order valence-electron chi connectivity index (χ2n) is 6.07. The molecule has 2 aromatic carbocycles. The molecule has 0 saturated heterocycles. The summed E-state index contributed by atoms with van der Waals surface area (Å²) < 4.78 is 5.19. The standard InChI is InChI=1S/C20H26N2O2.ClH/c1-5-22(20(23)19-13-17(21)9-6-14(19)2)15(3)12-16-7-10-18(24-4)11-8-16;/h6-11,13,15H,5,12,21H2,1-4H3;1H. The first-order chi connectivity index (χ1) is 11.5. The van der Waals surface area contributed by atoms with Gasteiger partial charge in [-0.15, -0.1) is 12.4 Å². The Morgan fingerprint density at radius 3 is 2.40 bits per heavy atom. The molecular weight excluding hydrogens is 336 g/mol. The van der Waals surface area contributed by atoms with Crippen molar-refractivity contribution in [2.24, 2.45) is 0 Å². The van der Waals surface area contributed by atoms with Gasteiger partial charge in [-0.25, -0.2) is 0 Å². The number of anilines is 1. The number of methoxy groups -OCH3 is 1. The number of hydrogen-bond donors (Lipinski definition) is 1. The third kappa shape index (κ3) is 5.13. The molecule has 0 spiro atoms. The van der Waals surface area contributed by atoms with Crippen LogP contribution in [0.15, 0.2) is 42.5 Å². The molecule has 2 aromatic rings. The van der Waals surface area contributed by atoms with Gasteiger partial charge in [0.2, 0.25) is 0 Å². The smallest absolute Gasteiger partial charge is 0.254 e. The van der Waals surface area contributed by atoms with Crippen molar-refractivity contribution in [2.75, 3.05) is 19.4 Å². The number of benzene rings is 2. The number of hydrogen-bond acceptors (Lipinski definition) is 3. The van der Waals surface area contributed by atoms with E-state index in [1.165, 1.54) is 5.56 Å². The lowest BCUT2D eigenvalue weighted by Gasteiger charge is -2.29. The van der Waals surface area contributed by atoms with Crippen LogP contribution in [-0.2, 0) is 6.42 Å². The zero-order chi connectivity index (χ0) is 17.7. The van der Waals surface area contributed by atoms with E-state index >= 15 is 0 Å². The molecule has 5 heteroatoms. The quantitative estimate of drug-likeness (QED) is 0.787. The van der Waals surface area contributed by atoms with E-state index in [1.54, 1.807) is 13.2 Å². The van der Waals surface area contributed by atoms with Crippen molar-refractivity contribution in [1.29, 1.82) is 0 Å². The number of halogens is 1. The number of rotatable bonds is 6. The lowest BCUT2D eigenvalue weighted by Crippen LogP contribution is -2.40. The summed E-state index contributed by atoms with van der Waals surface area (Å²) in [5, 5.41) is 0. The lowest BCUT2D eigenvalue weighted by atomic mass is 10.0. The molecule has 0 heterocycles. The molecule has 0 bridgehead atoms. The predicted molar refractivity (Wildman–Crippen MR) is 106 cm³/mol. The van der Waals surface area contributed by atoms with Crippen LogP contribution in [0.25, 0.3) is 0 Å². The van der Waals surface area contributed by atoms with Crippen LogP contribution < -0.4 is 10.5 Å². The first kappa shape index (κ1) is 20.8. The fourth-order valence-corrected chi connectivity index (χ4v) is 2.89. The molecule has 0 saturated carbocycles. The first-order valence-corrected chi connectivity index (χ1v) is 8.26. The van der Waals surface area contributed by atoms with Crippen molar-refractivity contribution in [2.45, 2.75) is 33.2 Å². The van der Waals surface area contributed by atoms with E-state index in [0.29, 0.717) is 17.8 Å².